The average molecular weight is 447 g/mol. The van der Waals surface area contributed by atoms with Gasteiger partial charge in [-0.3, -0.25) is 14.7 Å². The molecular weight excluding hydrogens is 428 g/mol. The highest BCUT2D eigenvalue weighted by Crippen LogP contribution is 2.34. The van der Waals surface area contributed by atoms with E-state index in [0.29, 0.717) is 21.5 Å². The lowest BCUT2D eigenvalue weighted by Gasteiger charge is -2.14. The molecule has 1 amide bonds. The van der Waals surface area contributed by atoms with Crippen LogP contribution in [-0.4, -0.2) is 31.2 Å². The van der Waals surface area contributed by atoms with E-state index < -0.39 is 5.97 Å². The second kappa shape index (κ2) is 8.83. The van der Waals surface area contributed by atoms with Gasteiger partial charge in [-0.15, -0.1) is 0 Å². The quantitative estimate of drug-likeness (QED) is 0.431. The van der Waals surface area contributed by atoms with Crippen LogP contribution in [0.1, 0.15) is 27.2 Å². The third-order valence-corrected chi connectivity index (χ3v) is 6.24. The number of amides is 1. The summed E-state index contributed by atoms with van der Waals surface area (Å²) in [7, 11) is 0. The molecule has 0 aliphatic carbocycles. The number of carbonyl (C=O) groups excluding carboxylic acids is 1. The number of aromatic carboxylic acids is 1. The Kier molecular flexibility index (Phi) is 5.97. The Morgan fingerprint density at radius 3 is 2.48 bits per heavy atom. The third kappa shape index (κ3) is 4.73. The minimum Gasteiger partial charge on any atom is -0.478 e. The number of aryl methyl sites for hydroxylation is 1. The van der Waals surface area contributed by atoms with Crippen molar-refractivity contribution in [3.8, 4) is 11.1 Å². The van der Waals surface area contributed by atoms with E-state index in [1.54, 1.807) is 41.4 Å². The second-order valence-electron chi connectivity index (χ2n) is 7.11. The second-order valence-corrected chi connectivity index (χ2v) is 8.78. The Morgan fingerprint density at radius 2 is 1.81 bits per heavy atom. The summed E-state index contributed by atoms with van der Waals surface area (Å²) in [6.45, 7) is 2.46. The van der Waals surface area contributed by atoms with Crippen molar-refractivity contribution in [2.45, 2.75) is 13.5 Å². The summed E-state index contributed by atoms with van der Waals surface area (Å²) in [4.78, 5) is 30.4. The number of aromatic nitrogens is 1. The van der Waals surface area contributed by atoms with Gasteiger partial charge in [0.2, 0.25) is 0 Å². The number of thioether (sulfide) groups is 1. The smallest absolute Gasteiger partial charge is 0.335 e. The molecule has 5 nitrogen and oxygen atoms in total. The van der Waals surface area contributed by atoms with Crippen molar-refractivity contribution in [1.82, 2.24) is 9.88 Å². The molecule has 1 aromatic heterocycles. The first kappa shape index (κ1) is 21.0. The van der Waals surface area contributed by atoms with Crippen molar-refractivity contribution in [2.75, 3.05) is 0 Å². The number of carbonyl (C=O) groups is 2. The van der Waals surface area contributed by atoms with Crippen molar-refractivity contribution in [3.63, 3.8) is 0 Å². The molecule has 0 bridgehead atoms. The van der Waals surface area contributed by atoms with E-state index in [1.165, 1.54) is 11.8 Å². The van der Waals surface area contributed by atoms with Gasteiger partial charge in [0.25, 0.3) is 5.91 Å². The molecule has 2 aromatic carbocycles. The van der Waals surface area contributed by atoms with Crippen molar-refractivity contribution >= 4 is 46.3 Å². The summed E-state index contributed by atoms with van der Waals surface area (Å²) in [6.07, 6.45) is 3.41. The number of hydrogen-bond donors (Lipinski definition) is 1. The van der Waals surface area contributed by atoms with Gasteiger partial charge in [0.1, 0.15) is 4.32 Å². The Hall–Kier alpha value is -3.29. The standard InChI is InChI=1S/C24H18N2O3S2/c1-15-2-4-16(5-3-15)14-26-22(27)21(31-24(26)30)13-20-12-19(10-11-25-20)17-6-8-18(9-7-17)23(28)29/h2-13H,14H2,1H3,(H,28,29)/b21-13-. The normalized spacial score (nSPS) is 15.0. The lowest BCUT2D eigenvalue weighted by Crippen LogP contribution is -2.27. The van der Waals surface area contributed by atoms with E-state index in [-0.39, 0.29) is 11.5 Å². The van der Waals surface area contributed by atoms with E-state index in [4.69, 9.17) is 17.3 Å². The summed E-state index contributed by atoms with van der Waals surface area (Å²) in [6, 6.07) is 18.4. The zero-order chi connectivity index (χ0) is 22.0. The van der Waals surface area contributed by atoms with Crippen molar-refractivity contribution in [1.29, 1.82) is 0 Å². The number of carboxylic acids is 1. The predicted molar refractivity (Wildman–Crippen MR) is 127 cm³/mol. The monoisotopic (exact) mass is 446 g/mol. The van der Waals surface area contributed by atoms with Gasteiger partial charge < -0.3 is 5.11 Å². The van der Waals surface area contributed by atoms with Gasteiger partial charge in [0.15, 0.2) is 0 Å². The molecule has 3 aromatic rings. The molecule has 1 aliphatic heterocycles. The lowest BCUT2D eigenvalue weighted by molar-refractivity contribution is -0.122. The van der Waals surface area contributed by atoms with E-state index >= 15 is 0 Å². The van der Waals surface area contributed by atoms with Gasteiger partial charge in [0.05, 0.1) is 22.7 Å². The fourth-order valence-corrected chi connectivity index (χ4v) is 4.40. The Bertz CT molecular complexity index is 1200. The fourth-order valence-electron chi connectivity index (χ4n) is 3.16. The number of hydrogen-bond acceptors (Lipinski definition) is 5. The van der Waals surface area contributed by atoms with Gasteiger partial charge in [-0.2, -0.15) is 0 Å². The predicted octanol–water partition coefficient (Wildman–Crippen LogP) is 5.16. The van der Waals surface area contributed by atoms with Crippen LogP contribution in [0.2, 0.25) is 0 Å². The van der Waals surface area contributed by atoms with Gasteiger partial charge in [0, 0.05) is 6.20 Å². The Labute approximate surface area is 189 Å². The zero-order valence-electron chi connectivity index (χ0n) is 16.6. The zero-order valence-corrected chi connectivity index (χ0v) is 18.2. The number of nitrogens with zero attached hydrogens (tertiary/aromatic N) is 2. The maximum Gasteiger partial charge on any atom is 0.335 e. The third-order valence-electron chi connectivity index (χ3n) is 4.86. The largest absolute Gasteiger partial charge is 0.478 e. The van der Waals surface area contributed by atoms with Crippen LogP contribution in [0.5, 0.6) is 0 Å². The topological polar surface area (TPSA) is 70.5 Å². The van der Waals surface area contributed by atoms with Gasteiger partial charge in [-0.25, -0.2) is 4.79 Å². The van der Waals surface area contributed by atoms with Crippen LogP contribution in [-0.2, 0) is 11.3 Å². The van der Waals surface area contributed by atoms with Crippen LogP contribution in [0.3, 0.4) is 0 Å². The van der Waals surface area contributed by atoms with Crippen LogP contribution in [0.25, 0.3) is 17.2 Å². The molecule has 2 heterocycles. The molecule has 0 atom stereocenters. The van der Waals surface area contributed by atoms with E-state index in [9.17, 15) is 9.59 Å². The minimum absolute atomic E-state index is 0.131. The summed E-state index contributed by atoms with van der Waals surface area (Å²) >= 11 is 6.70. The number of pyridine rings is 1. The molecule has 0 saturated carbocycles. The first-order chi connectivity index (χ1) is 14.9. The average Bonchev–Trinajstić information content (AvgIpc) is 3.03. The number of carboxylic acid groups (broad SMARTS) is 1. The van der Waals surface area contributed by atoms with Crippen molar-refractivity contribution in [2.24, 2.45) is 0 Å². The first-order valence-corrected chi connectivity index (χ1v) is 10.7. The maximum absolute atomic E-state index is 12.9. The Balaban J connectivity index is 1.55. The molecule has 31 heavy (non-hydrogen) atoms. The highest BCUT2D eigenvalue weighted by atomic mass is 32.2. The molecule has 154 valence electrons. The molecule has 1 aliphatic rings. The van der Waals surface area contributed by atoms with Crippen LogP contribution in [0.15, 0.2) is 71.8 Å². The van der Waals surface area contributed by atoms with Gasteiger partial charge in [-0.05, 0) is 54.0 Å². The molecule has 4 rings (SSSR count). The highest BCUT2D eigenvalue weighted by Gasteiger charge is 2.32. The number of thiocarbonyl (C=S) groups is 1. The summed E-state index contributed by atoms with van der Waals surface area (Å²) in [5.74, 6) is -1.09. The van der Waals surface area contributed by atoms with E-state index in [2.05, 4.69) is 4.98 Å². The fraction of sp³-hybridized carbons (Fsp3) is 0.0833. The highest BCUT2D eigenvalue weighted by molar-refractivity contribution is 8.26. The summed E-state index contributed by atoms with van der Waals surface area (Å²) in [5, 5.41) is 9.06. The first-order valence-electron chi connectivity index (χ1n) is 9.51. The van der Waals surface area contributed by atoms with E-state index in [1.807, 2.05) is 43.3 Å². The van der Waals surface area contributed by atoms with E-state index in [0.717, 1.165) is 22.3 Å². The molecule has 0 unspecified atom stereocenters. The molecule has 0 spiro atoms. The molecule has 0 radical (unpaired) electrons. The molecule has 1 N–H and O–H groups in total. The number of benzene rings is 2. The molecular formula is C24H18N2O3S2. The van der Waals surface area contributed by atoms with Crippen LogP contribution in [0, 0.1) is 6.92 Å². The van der Waals surface area contributed by atoms with Gasteiger partial charge >= 0.3 is 5.97 Å². The van der Waals surface area contributed by atoms with Crippen LogP contribution in [0.4, 0.5) is 0 Å². The van der Waals surface area contributed by atoms with Crippen molar-refractivity contribution < 1.29 is 14.7 Å². The van der Waals surface area contributed by atoms with Crippen LogP contribution >= 0.6 is 24.0 Å². The maximum atomic E-state index is 12.9. The Morgan fingerprint density at radius 1 is 1.10 bits per heavy atom. The molecule has 1 saturated heterocycles. The van der Waals surface area contributed by atoms with Gasteiger partial charge in [-0.1, -0.05) is 65.9 Å². The molecule has 7 heteroatoms. The molecule has 1 fully saturated rings. The SMILES string of the molecule is Cc1ccc(CN2C(=O)/C(=C/c3cc(-c4ccc(C(=O)O)cc4)ccn3)SC2=S)cc1. The lowest BCUT2D eigenvalue weighted by atomic mass is 10.0. The van der Waals surface area contributed by atoms with Crippen molar-refractivity contribution in [3.05, 3.63) is 94.1 Å². The summed E-state index contributed by atoms with van der Waals surface area (Å²) in [5.41, 5.74) is 4.80. The minimum atomic E-state index is -0.963. The summed E-state index contributed by atoms with van der Waals surface area (Å²) < 4.78 is 0.525. The number of rotatable bonds is 5. The van der Waals surface area contributed by atoms with Crippen LogP contribution < -0.4 is 0 Å².